The molecular formula is C34H40N8O4S. The topological polar surface area (TPSA) is 169 Å². The normalized spacial score (nSPS) is 16.4. The summed E-state index contributed by atoms with van der Waals surface area (Å²) in [6.07, 6.45) is 4.41. The predicted octanol–water partition coefficient (Wildman–Crippen LogP) is 4.12. The first-order valence-electron chi connectivity index (χ1n) is 15.6. The Morgan fingerprint density at radius 1 is 1.15 bits per heavy atom. The van der Waals surface area contributed by atoms with E-state index in [2.05, 4.69) is 21.3 Å². The van der Waals surface area contributed by atoms with Crippen molar-refractivity contribution in [3.05, 3.63) is 81.3 Å². The highest BCUT2D eigenvalue weighted by Crippen LogP contribution is 2.29. The Balaban J connectivity index is 1.15. The number of likely N-dealkylation sites (tertiary alicyclic amines) is 1. The fourth-order valence-electron chi connectivity index (χ4n) is 5.89. The molecule has 0 radical (unpaired) electrons. The number of carbonyl (C=O) groups excluding carboxylic acids is 3. The van der Waals surface area contributed by atoms with Gasteiger partial charge < -0.3 is 25.6 Å². The summed E-state index contributed by atoms with van der Waals surface area (Å²) in [6, 6.07) is 12.6. The van der Waals surface area contributed by atoms with E-state index in [1.807, 2.05) is 43.0 Å². The van der Waals surface area contributed by atoms with Crippen LogP contribution in [0.3, 0.4) is 0 Å². The standard InChI is InChI=1S/C34H40N8O4S/c1-4-42(26-9-10-28(35)27(17-26)31(36)29-18-39-21(2)47-29)33(44)25-11-14-40(19-25)20-30(43)41-15-12-23(13-16-41)22-5-7-24(8-6-22)32(37)46-34(45)38-3/h5-10,12,17-18,25,36-37H,4,11,13-16,19-20,35H2,1-3H3,(H,38,45). The van der Waals surface area contributed by atoms with Crippen molar-refractivity contribution >= 4 is 57.8 Å². The van der Waals surface area contributed by atoms with Crippen LogP contribution >= 0.6 is 11.3 Å². The summed E-state index contributed by atoms with van der Waals surface area (Å²) in [5.74, 6) is -0.412. The van der Waals surface area contributed by atoms with Crippen LogP contribution in [0.15, 0.2) is 54.7 Å². The third kappa shape index (κ3) is 7.75. The highest BCUT2D eigenvalue weighted by Gasteiger charge is 2.33. The van der Waals surface area contributed by atoms with Gasteiger partial charge in [0, 0.05) is 61.9 Å². The highest BCUT2D eigenvalue weighted by atomic mass is 32.1. The molecule has 5 N–H and O–H groups in total. The van der Waals surface area contributed by atoms with Crippen molar-refractivity contribution in [1.29, 1.82) is 10.8 Å². The average Bonchev–Trinajstić information content (AvgIpc) is 3.74. The van der Waals surface area contributed by atoms with Crippen LogP contribution in [0.2, 0.25) is 0 Å². The Morgan fingerprint density at radius 3 is 2.55 bits per heavy atom. The first-order chi connectivity index (χ1) is 22.6. The van der Waals surface area contributed by atoms with E-state index < -0.39 is 6.09 Å². The van der Waals surface area contributed by atoms with Crippen molar-refractivity contribution in [1.82, 2.24) is 20.1 Å². The Kier molecular flexibility index (Phi) is 10.5. The van der Waals surface area contributed by atoms with E-state index in [-0.39, 0.29) is 35.9 Å². The molecular weight excluding hydrogens is 616 g/mol. The van der Waals surface area contributed by atoms with E-state index in [0.717, 1.165) is 21.0 Å². The van der Waals surface area contributed by atoms with Gasteiger partial charge in [-0.2, -0.15) is 0 Å². The zero-order valence-corrected chi connectivity index (χ0v) is 27.7. The maximum Gasteiger partial charge on any atom is 0.413 e. The molecule has 0 bridgehead atoms. The maximum absolute atomic E-state index is 13.7. The number of benzene rings is 2. The summed E-state index contributed by atoms with van der Waals surface area (Å²) < 4.78 is 4.89. The van der Waals surface area contributed by atoms with Gasteiger partial charge in [-0.25, -0.2) is 9.78 Å². The Labute approximate surface area is 278 Å². The number of nitrogen functional groups attached to an aromatic ring is 1. The number of ether oxygens (including phenoxy) is 1. The number of anilines is 2. The second-order valence-corrected chi connectivity index (χ2v) is 12.8. The predicted molar refractivity (Wildman–Crippen MR) is 184 cm³/mol. The van der Waals surface area contributed by atoms with Crippen LogP contribution in [0.25, 0.3) is 5.57 Å². The van der Waals surface area contributed by atoms with Gasteiger partial charge in [0.1, 0.15) is 0 Å². The highest BCUT2D eigenvalue weighted by molar-refractivity contribution is 7.13. The summed E-state index contributed by atoms with van der Waals surface area (Å²) >= 11 is 1.43. The molecule has 2 aliphatic heterocycles. The van der Waals surface area contributed by atoms with E-state index in [4.69, 9.17) is 21.3 Å². The van der Waals surface area contributed by atoms with Gasteiger partial charge in [0.2, 0.25) is 17.7 Å². The van der Waals surface area contributed by atoms with Crippen LogP contribution in [0.1, 0.15) is 46.3 Å². The summed E-state index contributed by atoms with van der Waals surface area (Å²) in [5.41, 5.74) is 10.9. The molecule has 0 spiro atoms. The summed E-state index contributed by atoms with van der Waals surface area (Å²) in [4.78, 5) is 48.9. The van der Waals surface area contributed by atoms with Crippen molar-refractivity contribution in [2.45, 2.75) is 26.7 Å². The number of amides is 3. The molecule has 3 aromatic rings. The van der Waals surface area contributed by atoms with Crippen LogP contribution in [0.4, 0.5) is 16.2 Å². The molecule has 0 saturated carbocycles. The lowest BCUT2D eigenvalue weighted by atomic mass is 9.98. The van der Waals surface area contributed by atoms with Gasteiger partial charge in [0.05, 0.1) is 28.1 Å². The molecule has 47 heavy (non-hydrogen) atoms. The molecule has 1 fully saturated rings. The van der Waals surface area contributed by atoms with Gasteiger partial charge in [-0.15, -0.1) is 11.3 Å². The van der Waals surface area contributed by atoms with Crippen LogP contribution in [0.5, 0.6) is 0 Å². The first-order valence-corrected chi connectivity index (χ1v) is 16.4. The number of nitrogens with two attached hydrogens (primary N) is 1. The molecule has 3 heterocycles. The van der Waals surface area contributed by atoms with Crippen LogP contribution < -0.4 is 16.0 Å². The Bertz CT molecular complexity index is 1720. The van der Waals surface area contributed by atoms with E-state index >= 15 is 0 Å². The van der Waals surface area contributed by atoms with Crippen LogP contribution in [0, 0.1) is 23.7 Å². The molecule has 5 rings (SSSR count). The molecule has 1 aromatic heterocycles. The number of aromatic nitrogens is 1. The van der Waals surface area contributed by atoms with Crippen molar-refractivity contribution in [3.8, 4) is 0 Å². The SMILES string of the molecule is CCN(C(=O)C1CCN(CC(=O)N2CC=C(c3ccc(C(=N)OC(=O)NC)cc3)CC2)C1)c1ccc(N)c(C(=N)c2cnc(C)s2)c1. The molecule has 246 valence electrons. The maximum atomic E-state index is 13.7. The third-order valence-corrected chi connectivity index (χ3v) is 9.46. The number of alkyl carbamates (subject to hydrolysis) is 1. The zero-order chi connectivity index (χ0) is 33.7. The molecule has 1 saturated heterocycles. The van der Waals surface area contributed by atoms with E-state index in [1.54, 1.807) is 29.3 Å². The molecule has 0 aliphatic carbocycles. The van der Waals surface area contributed by atoms with Crippen molar-refractivity contribution in [3.63, 3.8) is 0 Å². The van der Waals surface area contributed by atoms with Crippen molar-refractivity contribution in [2.24, 2.45) is 5.92 Å². The van der Waals surface area contributed by atoms with Gasteiger partial charge in [0.25, 0.3) is 0 Å². The molecule has 12 nitrogen and oxygen atoms in total. The molecule has 2 aliphatic rings. The van der Waals surface area contributed by atoms with E-state index in [9.17, 15) is 14.4 Å². The number of nitrogens with one attached hydrogen (secondary N) is 3. The summed E-state index contributed by atoms with van der Waals surface area (Å²) in [7, 11) is 1.44. The van der Waals surface area contributed by atoms with Gasteiger partial charge >= 0.3 is 6.09 Å². The number of rotatable bonds is 9. The quantitative estimate of drug-likeness (QED) is 0.153. The minimum Gasteiger partial charge on any atom is -0.398 e. The van der Waals surface area contributed by atoms with Crippen molar-refractivity contribution in [2.75, 3.05) is 56.9 Å². The fraction of sp³-hybridized carbons (Fsp3) is 0.353. The minimum absolute atomic E-state index is 0.00484. The first kappa shape index (κ1) is 33.5. The third-order valence-electron chi connectivity index (χ3n) is 8.53. The Morgan fingerprint density at radius 2 is 1.91 bits per heavy atom. The number of hydrogen-bond acceptors (Lipinski definition) is 10. The second-order valence-electron chi connectivity index (χ2n) is 11.6. The van der Waals surface area contributed by atoms with Gasteiger partial charge in [-0.3, -0.25) is 25.3 Å². The number of carbonyl (C=O) groups is 3. The van der Waals surface area contributed by atoms with E-state index in [1.165, 1.54) is 18.4 Å². The number of hydrogen-bond donors (Lipinski definition) is 4. The lowest BCUT2D eigenvalue weighted by Gasteiger charge is -2.29. The molecule has 3 amide bonds. The summed E-state index contributed by atoms with van der Waals surface area (Å²) in [5, 5.41) is 19.8. The van der Waals surface area contributed by atoms with Gasteiger partial charge in [-0.1, -0.05) is 18.2 Å². The second kappa shape index (κ2) is 14.7. The lowest BCUT2D eigenvalue weighted by molar-refractivity contribution is -0.132. The van der Waals surface area contributed by atoms with Crippen molar-refractivity contribution < 1.29 is 19.1 Å². The van der Waals surface area contributed by atoms with Gasteiger partial charge in [-0.05, 0) is 74.7 Å². The summed E-state index contributed by atoms with van der Waals surface area (Å²) in [6.45, 7) is 6.84. The number of aryl methyl sites for hydroxylation is 1. The molecule has 1 atom stereocenters. The van der Waals surface area contributed by atoms with Crippen LogP contribution in [-0.4, -0.2) is 90.6 Å². The lowest BCUT2D eigenvalue weighted by Crippen LogP contribution is -2.42. The average molecular weight is 657 g/mol. The largest absolute Gasteiger partial charge is 0.413 e. The fourth-order valence-corrected chi connectivity index (χ4v) is 6.63. The molecule has 13 heteroatoms. The van der Waals surface area contributed by atoms with Gasteiger partial charge in [0.15, 0.2) is 0 Å². The minimum atomic E-state index is -0.689. The number of thiazole rings is 1. The van der Waals surface area contributed by atoms with Crippen LogP contribution in [-0.2, 0) is 14.3 Å². The molecule has 2 aromatic carbocycles. The number of nitrogens with zero attached hydrogens (tertiary/aromatic N) is 4. The Hall–Kier alpha value is -4.88. The van der Waals surface area contributed by atoms with E-state index in [0.29, 0.717) is 68.1 Å². The molecule has 1 unspecified atom stereocenters. The zero-order valence-electron chi connectivity index (χ0n) is 26.8. The monoisotopic (exact) mass is 656 g/mol. The smallest absolute Gasteiger partial charge is 0.398 e.